The zero-order valence-electron chi connectivity index (χ0n) is 9.26. The molecular weight excluding hydrogens is 218 g/mol. The summed E-state index contributed by atoms with van der Waals surface area (Å²) in [6.07, 6.45) is 2.04. The summed E-state index contributed by atoms with van der Waals surface area (Å²) in [4.78, 5) is 15.4. The first-order valence-electron chi connectivity index (χ1n) is 5.65. The van der Waals surface area contributed by atoms with E-state index in [1.807, 2.05) is 22.8 Å². The first kappa shape index (κ1) is 10.3. The molecule has 3 rings (SSSR count). The molecule has 1 heterocycles. The van der Waals surface area contributed by atoms with Crippen LogP contribution in [0.5, 0.6) is 0 Å². The van der Waals surface area contributed by atoms with Gasteiger partial charge in [-0.2, -0.15) is 0 Å². The van der Waals surface area contributed by atoms with Gasteiger partial charge in [-0.05, 0) is 24.5 Å². The van der Waals surface area contributed by atoms with E-state index in [4.69, 9.17) is 5.73 Å². The van der Waals surface area contributed by atoms with E-state index in [0.717, 1.165) is 29.4 Å². The van der Waals surface area contributed by atoms with Crippen molar-refractivity contribution < 1.29 is 9.90 Å². The van der Waals surface area contributed by atoms with Gasteiger partial charge in [-0.3, -0.25) is 0 Å². The molecule has 1 saturated carbocycles. The summed E-state index contributed by atoms with van der Waals surface area (Å²) in [6.45, 7) is 0.398. The van der Waals surface area contributed by atoms with Crippen LogP contribution in [0, 0.1) is 0 Å². The zero-order chi connectivity index (χ0) is 12.0. The topological polar surface area (TPSA) is 81.1 Å². The minimum absolute atomic E-state index is 0.128. The average Bonchev–Trinajstić information content (AvgIpc) is 3.08. The van der Waals surface area contributed by atoms with E-state index in [9.17, 15) is 9.90 Å². The Bertz CT molecular complexity index is 599. The fourth-order valence-corrected chi connectivity index (χ4v) is 2.22. The highest BCUT2D eigenvalue weighted by Crippen LogP contribution is 2.39. The summed E-state index contributed by atoms with van der Waals surface area (Å²) in [5, 5.41) is 9.19. The standard InChI is InChI=1S/C12H13N3O2/c13-6-7-2-1-3-9-10(7)15(8-4-5-8)11(14-9)12(16)17/h1-3,8H,4-6,13H2,(H,16,17). The predicted octanol–water partition coefficient (Wildman–Crippen LogP) is 1.53. The van der Waals surface area contributed by atoms with Crippen molar-refractivity contribution in [2.75, 3.05) is 0 Å². The Balaban J connectivity index is 2.36. The van der Waals surface area contributed by atoms with Crippen molar-refractivity contribution in [1.29, 1.82) is 0 Å². The molecule has 1 aromatic heterocycles. The lowest BCUT2D eigenvalue weighted by molar-refractivity contribution is 0.0678. The van der Waals surface area contributed by atoms with Crippen molar-refractivity contribution in [3.63, 3.8) is 0 Å². The quantitative estimate of drug-likeness (QED) is 0.839. The van der Waals surface area contributed by atoms with Crippen LogP contribution in [0.25, 0.3) is 11.0 Å². The molecule has 1 aromatic carbocycles. The molecule has 1 aliphatic carbocycles. The van der Waals surface area contributed by atoms with E-state index in [2.05, 4.69) is 4.98 Å². The number of carboxylic acids is 1. The fraction of sp³-hybridized carbons (Fsp3) is 0.333. The van der Waals surface area contributed by atoms with E-state index in [-0.39, 0.29) is 11.9 Å². The Morgan fingerprint density at radius 3 is 2.88 bits per heavy atom. The molecule has 5 heteroatoms. The Kier molecular flexibility index (Phi) is 2.16. The SMILES string of the molecule is NCc1cccc2nc(C(=O)O)n(C3CC3)c12. The molecule has 3 N–H and O–H groups in total. The number of nitrogens with two attached hydrogens (primary N) is 1. The number of para-hydroxylation sites is 1. The molecule has 5 nitrogen and oxygen atoms in total. The number of aromatic carboxylic acids is 1. The number of hydrogen-bond donors (Lipinski definition) is 2. The number of benzene rings is 1. The molecule has 0 saturated heterocycles. The molecule has 0 aliphatic heterocycles. The summed E-state index contributed by atoms with van der Waals surface area (Å²) in [7, 11) is 0. The van der Waals surface area contributed by atoms with Crippen molar-refractivity contribution in [2.45, 2.75) is 25.4 Å². The van der Waals surface area contributed by atoms with Crippen LogP contribution in [-0.2, 0) is 6.54 Å². The molecule has 0 spiro atoms. The van der Waals surface area contributed by atoms with Gasteiger partial charge in [0.15, 0.2) is 0 Å². The number of carbonyl (C=O) groups is 1. The zero-order valence-corrected chi connectivity index (χ0v) is 9.26. The second-order valence-electron chi connectivity index (χ2n) is 4.33. The first-order chi connectivity index (χ1) is 8.22. The van der Waals surface area contributed by atoms with Gasteiger partial charge in [0.05, 0.1) is 11.0 Å². The van der Waals surface area contributed by atoms with Crippen LogP contribution in [0.1, 0.15) is 35.1 Å². The van der Waals surface area contributed by atoms with Crippen LogP contribution in [-0.4, -0.2) is 20.6 Å². The van der Waals surface area contributed by atoms with Gasteiger partial charge in [0, 0.05) is 12.6 Å². The van der Waals surface area contributed by atoms with Gasteiger partial charge in [-0.25, -0.2) is 9.78 Å². The lowest BCUT2D eigenvalue weighted by Crippen LogP contribution is -2.09. The molecule has 0 bridgehead atoms. The number of aromatic nitrogens is 2. The molecule has 1 fully saturated rings. The molecular formula is C12H13N3O2. The molecule has 0 radical (unpaired) electrons. The summed E-state index contributed by atoms with van der Waals surface area (Å²) in [5.74, 6) is -0.848. The van der Waals surface area contributed by atoms with Crippen molar-refractivity contribution in [3.05, 3.63) is 29.6 Å². The third-order valence-electron chi connectivity index (χ3n) is 3.12. The molecule has 0 unspecified atom stereocenters. The molecule has 88 valence electrons. The highest BCUT2D eigenvalue weighted by Gasteiger charge is 2.31. The first-order valence-corrected chi connectivity index (χ1v) is 5.65. The normalized spacial score (nSPS) is 15.4. The highest BCUT2D eigenvalue weighted by molar-refractivity contribution is 5.91. The molecule has 0 atom stereocenters. The number of rotatable bonds is 3. The predicted molar refractivity (Wildman–Crippen MR) is 62.9 cm³/mol. The van der Waals surface area contributed by atoms with Crippen LogP contribution >= 0.6 is 0 Å². The third kappa shape index (κ3) is 1.51. The fourth-order valence-electron chi connectivity index (χ4n) is 2.22. The number of hydrogen-bond acceptors (Lipinski definition) is 3. The minimum atomic E-state index is -0.976. The molecule has 17 heavy (non-hydrogen) atoms. The van der Waals surface area contributed by atoms with Gasteiger partial charge in [-0.15, -0.1) is 0 Å². The largest absolute Gasteiger partial charge is 0.475 e. The van der Waals surface area contributed by atoms with Crippen molar-refractivity contribution in [1.82, 2.24) is 9.55 Å². The van der Waals surface area contributed by atoms with Crippen LogP contribution in [0.3, 0.4) is 0 Å². The van der Waals surface area contributed by atoms with Crippen molar-refractivity contribution >= 4 is 17.0 Å². The van der Waals surface area contributed by atoms with Crippen LogP contribution < -0.4 is 5.73 Å². The summed E-state index contributed by atoms with van der Waals surface area (Å²) >= 11 is 0. The van der Waals surface area contributed by atoms with Crippen molar-refractivity contribution in [3.8, 4) is 0 Å². The number of imidazole rings is 1. The second-order valence-corrected chi connectivity index (χ2v) is 4.33. The number of nitrogens with zero attached hydrogens (tertiary/aromatic N) is 2. The van der Waals surface area contributed by atoms with Gasteiger partial charge in [0.2, 0.25) is 5.82 Å². The van der Waals surface area contributed by atoms with Crippen LogP contribution in [0.2, 0.25) is 0 Å². The maximum Gasteiger partial charge on any atom is 0.372 e. The molecule has 1 aliphatic rings. The summed E-state index contributed by atoms with van der Waals surface area (Å²) in [6, 6.07) is 5.90. The monoisotopic (exact) mass is 231 g/mol. The van der Waals surface area contributed by atoms with E-state index in [0.29, 0.717) is 6.54 Å². The van der Waals surface area contributed by atoms with E-state index >= 15 is 0 Å². The van der Waals surface area contributed by atoms with Gasteiger partial charge in [0.1, 0.15) is 0 Å². The van der Waals surface area contributed by atoms with E-state index in [1.54, 1.807) is 0 Å². The maximum atomic E-state index is 11.2. The van der Waals surface area contributed by atoms with E-state index in [1.165, 1.54) is 0 Å². The smallest absolute Gasteiger partial charge is 0.372 e. The number of carboxylic acid groups (broad SMARTS) is 1. The maximum absolute atomic E-state index is 11.2. The average molecular weight is 231 g/mol. The van der Waals surface area contributed by atoms with E-state index < -0.39 is 5.97 Å². The molecule has 2 aromatic rings. The van der Waals surface area contributed by atoms with Gasteiger partial charge in [-0.1, -0.05) is 12.1 Å². The highest BCUT2D eigenvalue weighted by atomic mass is 16.4. The lowest BCUT2D eigenvalue weighted by Gasteiger charge is -2.07. The van der Waals surface area contributed by atoms with Gasteiger partial charge in [0.25, 0.3) is 0 Å². The lowest BCUT2D eigenvalue weighted by atomic mass is 10.2. The van der Waals surface area contributed by atoms with Crippen LogP contribution in [0.4, 0.5) is 0 Å². The Labute approximate surface area is 97.9 Å². The Hall–Kier alpha value is -1.88. The Morgan fingerprint density at radius 2 is 2.29 bits per heavy atom. The summed E-state index contributed by atoms with van der Waals surface area (Å²) < 4.78 is 1.83. The summed E-state index contributed by atoms with van der Waals surface area (Å²) in [5.41, 5.74) is 8.26. The third-order valence-corrected chi connectivity index (χ3v) is 3.12. The van der Waals surface area contributed by atoms with Gasteiger partial charge >= 0.3 is 5.97 Å². The Morgan fingerprint density at radius 1 is 1.53 bits per heavy atom. The number of fused-ring (bicyclic) bond motifs is 1. The van der Waals surface area contributed by atoms with Crippen LogP contribution in [0.15, 0.2) is 18.2 Å². The second kappa shape index (κ2) is 3.56. The molecule has 0 amide bonds. The minimum Gasteiger partial charge on any atom is -0.475 e. The van der Waals surface area contributed by atoms with Gasteiger partial charge < -0.3 is 15.4 Å². The van der Waals surface area contributed by atoms with Crippen molar-refractivity contribution in [2.24, 2.45) is 5.73 Å².